The van der Waals surface area contributed by atoms with E-state index in [1.54, 1.807) is 0 Å². The van der Waals surface area contributed by atoms with E-state index in [-0.39, 0.29) is 25.4 Å². The lowest BCUT2D eigenvalue weighted by Crippen LogP contribution is -2.55. The van der Waals surface area contributed by atoms with Gasteiger partial charge in [-0.2, -0.15) is 0 Å². The van der Waals surface area contributed by atoms with Crippen LogP contribution < -0.4 is 10.6 Å². The molecule has 1 rings (SSSR count). The normalized spacial score (nSPS) is 16.6. The highest BCUT2D eigenvalue weighted by Crippen LogP contribution is 2.09. The maximum Gasteiger partial charge on any atom is 0.318 e. The van der Waals surface area contributed by atoms with E-state index in [1.165, 1.54) is 0 Å². The highest BCUT2D eigenvalue weighted by Gasteiger charge is 2.25. The molecule has 1 fully saturated rings. The van der Waals surface area contributed by atoms with Gasteiger partial charge in [0.1, 0.15) is 13.1 Å². The number of carbonyl (C=O) groups excluding carboxylic acids is 3. The van der Waals surface area contributed by atoms with Gasteiger partial charge in [0.15, 0.2) is 0 Å². The largest absolute Gasteiger partial charge is 0.481 e. The highest BCUT2D eigenvalue weighted by molar-refractivity contribution is 6.02. The lowest BCUT2D eigenvalue weighted by Gasteiger charge is -2.25. The third kappa shape index (κ3) is 5.68. The van der Waals surface area contributed by atoms with Crippen molar-refractivity contribution in [1.29, 1.82) is 0 Å². The molecule has 0 aromatic rings. The van der Waals surface area contributed by atoms with Crippen LogP contribution in [0.15, 0.2) is 0 Å². The standard InChI is InChI=1S/C12H19N3O5/c1-8(2-3-11(18)19)4-5-13-12(20)15-6-9(16)14-10(17)7-15/h8H,2-7H2,1H3,(H,13,20)(H,18,19)(H,14,16,17). The summed E-state index contributed by atoms with van der Waals surface area (Å²) < 4.78 is 0. The van der Waals surface area contributed by atoms with Crippen molar-refractivity contribution < 1.29 is 24.3 Å². The molecule has 0 aromatic carbocycles. The maximum absolute atomic E-state index is 11.7. The zero-order valence-electron chi connectivity index (χ0n) is 11.3. The molecule has 0 radical (unpaired) electrons. The van der Waals surface area contributed by atoms with E-state index in [4.69, 9.17) is 5.11 Å². The van der Waals surface area contributed by atoms with Crippen LogP contribution in [0.25, 0.3) is 0 Å². The Morgan fingerprint density at radius 1 is 1.30 bits per heavy atom. The van der Waals surface area contributed by atoms with Crippen LogP contribution in [0.3, 0.4) is 0 Å². The van der Waals surface area contributed by atoms with Gasteiger partial charge >= 0.3 is 12.0 Å². The second kappa shape index (κ2) is 7.46. The summed E-state index contributed by atoms with van der Waals surface area (Å²) >= 11 is 0. The Hall–Kier alpha value is -2.12. The van der Waals surface area contributed by atoms with Crippen LogP contribution in [-0.4, -0.2) is 53.5 Å². The van der Waals surface area contributed by atoms with Gasteiger partial charge in [-0.25, -0.2) is 4.79 Å². The second-order valence-electron chi connectivity index (χ2n) is 4.89. The summed E-state index contributed by atoms with van der Waals surface area (Å²) in [6.07, 6.45) is 1.30. The minimum Gasteiger partial charge on any atom is -0.481 e. The summed E-state index contributed by atoms with van der Waals surface area (Å²) in [6.45, 7) is 2.02. The van der Waals surface area contributed by atoms with E-state index < -0.39 is 23.8 Å². The van der Waals surface area contributed by atoms with Gasteiger partial charge in [-0.1, -0.05) is 6.92 Å². The van der Waals surface area contributed by atoms with Gasteiger partial charge in [-0.3, -0.25) is 19.7 Å². The van der Waals surface area contributed by atoms with Crippen molar-refractivity contribution in [3.05, 3.63) is 0 Å². The molecule has 1 aliphatic rings. The molecule has 20 heavy (non-hydrogen) atoms. The molecule has 0 bridgehead atoms. The minimum absolute atomic E-state index is 0.107. The van der Waals surface area contributed by atoms with E-state index in [1.807, 2.05) is 6.92 Å². The van der Waals surface area contributed by atoms with Gasteiger partial charge in [-0.05, 0) is 18.8 Å². The molecule has 112 valence electrons. The molecule has 8 nitrogen and oxygen atoms in total. The number of nitrogens with zero attached hydrogens (tertiary/aromatic N) is 1. The van der Waals surface area contributed by atoms with Gasteiger partial charge in [0.05, 0.1) is 0 Å². The Morgan fingerprint density at radius 3 is 2.45 bits per heavy atom. The van der Waals surface area contributed by atoms with Crippen molar-refractivity contribution in [3.8, 4) is 0 Å². The third-order valence-electron chi connectivity index (χ3n) is 3.00. The SMILES string of the molecule is CC(CCNC(=O)N1CC(=O)NC(=O)C1)CCC(=O)O. The molecule has 3 N–H and O–H groups in total. The molecule has 4 amide bonds. The number of nitrogens with one attached hydrogen (secondary N) is 2. The topological polar surface area (TPSA) is 116 Å². The summed E-state index contributed by atoms with van der Waals surface area (Å²) in [5, 5.41) is 13.3. The number of piperazine rings is 1. The number of carboxylic acids is 1. The number of hydrogen-bond acceptors (Lipinski definition) is 4. The number of rotatable bonds is 6. The minimum atomic E-state index is -0.835. The molecule has 0 aliphatic carbocycles. The molecular formula is C12H19N3O5. The number of hydrogen-bond donors (Lipinski definition) is 3. The molecule has 1 aliphatic heterocycles. The van der Waals surface area contributed by atoms with Gasteiger partial charge in [0.2, 0.25) is 11.8 Å². The Kier molecular flexibility index (Phi) is 5.95. The lowest BCUT2D eigenvalue weighted by molar-refractivity contribution is -0.137. The van der Waals surface area contributed by atoms with Gasteiger partial charge in [0, 0.05) is 13.0 Å². The molecule has 1 unspecified atom stereocenters. The van der Waals surface area contributed by atoms with Crippen LogP contribution >= 0.6 is 0 Å². The van der Waals surface area contributed by atoms with Gasteiger partial charge < -0.3 is 15.3 Å². The highest BCUT2D eigenvalue weighted by atomic mass is 16.4. The van der Waals surface area contributed by atoms with Crippen molar-refractivity contribution in [2.45, 2.75) is 26.2 Å². The first-order chi connectivity index (χ1) is 9.38. The zero-order chi connectivity index (χ0) is 15.1. The lowest BCUT2D eigenvalue weighted by atomic mass is 10.0. The van der Waals surface area contributed by atoms with Gasteiger partial charge in [0.25, 0.3) is 0 Å². The van der Waals surface area contributed by atoms with E-state index in [0.29, 0.717) is 19.4 Å². The third-order valence-corrected chi connectivity index (χ3v) is 3.00. The fraction of sp³-hybridized carbons (Fsp3) is 0.667. The molecule has 8 heteroatoms. The van der Waals surface area contributed by atoms with Crippen molar-refractivity contribution >= 4 is 23.8 Å². The first kappa shape index (κ1) is 15.9. The first-order valence-corrected chi connectivity index (χ1v) is 6.45. The number of amides is 4. The summed E-state index contributed by atoms with van der Waals surface area (Å²) in [5.41, 5.74) is 0. The Balaban J connectivity index is 2.24. The van der Waals surface area contributed by atoms with Crippen LogP contribution in [0.2, 0.25) is 0 Å². The van der Waals surface area contributed by atoms with Crippen molar-refractivity contribution in [2.24, 2.45) is 5.92 Å². The quantitative estimate of drug-likeness (QED) is 0.571. The van der Waals surface area contributed by atoms with E-state index in [9.17, 15) is 19.2 Å². The number of carboxylic acid groups (broad SMARTS) is 1. The van der Waals surface area contributed by atoms with Crippen LogP contribution in [0.4, 0.5) is 4.79 Å². The number of carbonyl (C=O) groups is 4. The zero-order valence-corrected chi connectivity index (χ0v) is 11.3. The monoisotopic (exact) mass is 285 g/mol. The predicted octanol–water partition coefficient (Wildman–Crippen LogP) is -0.455. The summed E-state index contributed by atoms with van der Waals surface area (Å²) in [4.78, 5) is 45.5. The summed E-state index contributed by atoms with van der Waals surface area (Å²) in [5.74, 6) is -1.64. The van der Waals surface area contributed by atoms with Crippen LogP contribution in [-0.2, 0) is 14.4 Å². The molecule has 1 saturated heterocycles. The van der Waals surface area contributed by atoms with Crippen LogP contribution in [0, 0.1) is 5.92 Å². The number of aliphatic carboxylic acids is 1. The summed E-state index contributed by atoms with van der Waals surface area (Å²) in [7, 11) is 0. The van der Waals surface area contributed by atoms with Crippen molar-refractivity contribution in [2.75, 3.05) is 19.6 Å². The Bertz CT molecular complexity index is 394. The molecule has 1 heterocycles. The van der Waals surface area contributed by atoms with Crippen molar-refractivity contribution in [1.82, 2.24) is 15.5 Å². The molecular weight excluding hydrogens is 266 g/mol. The second-order valence-corrected chi connectivity index (χ2v) is 4.89. The Morgan fingerprint density at radius 2 is 1.90 bits per heavy atom. The van der Waals surface area contributed by atoms with E-state index >= 15 is 0 Å². The van der Waals surface area contributed by atoms with E-state index in [2.05, 4.69) is 10.6 Å². The van der Waals surface area contributed by atoms with E-state index in [0.717, 1.165) is 4.90 Å². The van der Waals surface area contributed by atoms with Crippen LogP contribution in [0.1, 0.15) is 26.2 Å². The predicted molar refractivity (Wildman–Crippen MR) is 68.8 cm³/mol. The number of imide groups is 1. The Labute approximate surface area is 116 Å². The molecule has 0 spiro atoms. The molecule has 0 aromatic heterocycles. The van der Waals surface area contributed by atoms with Crippen LogP contribution in [0.5, 0.6) is 0 Å². The smallest absolute Gasteiger partial charge is 0.318 e. The summed E-state index contributed by atoms with van der Waals surface area (Å²) in [6, 6.07) is -0.460. The average Bonchev–Trinajstić information content (AvgIpc) is 2.35. The maximum atomic E-state index is 11.7. The van der Waals surface area contributed by atoms with Gasteiger partial charge in [-0.15, -0.1) is 0 Å². The fourth-order valence-electron chi connectivity index (χ4n) is 1.83. The average molecular weight is 285 g/mol. The first-order valence-electron chi connectivity index (χ1n) is 6.45. The molecule has 0 saturated carbocycles. The molecule has 1 atom stereocenters. The van der Waals surface area contributed by atoms with Crippen molar-refractivity contribution in [3.63, 3.8) is 0 Å². The number of urea groups is 1. The fourth-order valence-corrected chi connectivity index (χ4v) is 1.83.